The van der Waals surface area contributed by atoms with E-state index in [-0.39, 0.29) is 11.6 Å². The van der Waals surface area contributed by atoms with Gasteiger partial charge in [0.2, 0.25) is 11.9 Å². The van der Waals surface area contributed by atoms with Crippen LogP contribution in [0.3, 0.4) is 0 Å². The van der Waals surface area contributed by atoms with Gasteiger partial charge in [0.05, 0.1) is 22.6 Å². The minimum Gasteiger partial charge on any atom is -0.337 e. The van der Waals surface area contributed by atoms with Gasteiger partial charge in [-0.3, -0.25) is 14.5 Å². The van der Waals surface area contributed by atoms with Crippen molar-refractivity contribution in [1.29, 1.82) is 0 Å². The van der Waals surface area contributed by atoms with Gasteiger partial charge in [-0.05, 0) is 30.3 Å². The predicted octanol–water partition coefficient (Wildman–Crippen LogP) is 4.68. The number of aryl methyl sites for hydroxylation is 1. The van der Waals surface area contributed by atoms with Crippen LogP contribution in [0.15, 0.2) is 67.9 Å². The lowest BCUT2D eigenvalue weighted by Crippen LogP contribution is -2.08. The number of hydrogen-bond donors (Lipinski definition) is 3. The molecule has 11 heteroatoms. The standard InChI is InChI=1S/C22H18ClFN8O/c1-3-20(33)28-15-4-5-18(24)19(7-15)30-21-17(13-6-14(23)9-25-8-13)11-26-22(31-21)29-16-10-27-32(2)12-16/h3-12H,1H2,2H3,(H,28,33)(H2,26,29,30,31). The number of nitrogens with zero attached hydrogens (tertiary/aromatic N) is 5. The van der Waals surface area contributed by atoms with Crippen LogP contribution in [0.1, 0.15) is 0 Å². The fourth-order valence-corrected chi connectivity index (χ4v) is 3.12. The maximum Gasteiger partial charge on any atom is 0.247 e. The summed E-state index contributed by atoms with van der Waals surface area (Å²) in [6.45, 7) is 3.41. The third-order valence-electron chi connectivity index (χ3n) is 4.44. The van der Waals surface area contributed by atoms with Gasteiger partial charge in [-0.25, -0.2) is 9.37 Å². The van der Waals surface area contributed by atoms with E-state index in [2.05, 4.69) is 42.6 Å². The second-order valence-corrected chi connectivity index (χ2v) is 7.32. The molecule has 0 spiro atoms. The van der Waals surface area contributed by atoms with Gasteiger partial charge in [-0.2, -0.15) is 10.1 Å². The molecule has 9 nitrogen and oxygen atoms in total. The largest absolute Gasteiger partial charge is 0.337 e. The first-order valence-electron chi connectivity index (χ1n) is 9.65. The molecule has 0 saturated heterocycles. The van der Waals surface area contributed by atoms with Crippen molar-refractivity contribution in [2.45, 2.75) is 0 Å². The molecule has 0 saturated carbocycles. The first-order chi connectivity index (χ1) is 15.9. The van der Waals surface area contributed by atoms with E-state index >= 15 is 0 Å². The van der Waals surface area contributed by atoms with Crippen LogP contribution in [-0.2, 0) is 11.8 Å². The molecule has 0 fully saturated rings. The number of amides is 1. The molecule has 4 rings (SSSR count). The lowest BCUT2D eigenvalue weighted by Gasteiger charge is -2.14. The molecule has 1 amide bonds. The van der Waals surface area contributed by atoms with Crippen LogP contribution in [-0.4, -0.2) is 30.6 Å². The van der Waals surface area contributed by atoms with Crippen molar-refractivity contribution in [3.05, 3.63) is 78.7 Å². The van der Waals surface area contributed by atoms with Gasteiger partial charge in [0, 0.05) is 48.6 Å². The lowest BCUT2D eigenvalue weighted by molar-refractivity contribution is -0.111. The number of carbonyl (C=O) groups is 1. The summed E-state index contributed by atoms with van der Waals surface area (Å²) in [4.78, 5) is 24.6. The number of aromatic nitrogens is 5. The van der Waals surface area contributed by atoms with Gasteiger partial charge in [-0.1, -0.05) is 18.2 Å². The molecule has 0 atom stereocenters. The van der Waals surface area contributed by atoms with Crippen molar-refractivity contribution in [2.24, 2.45) is 7.05 Å². The van der Waals surface area contributed by atoms with Crippen LogP contribution in [0.4, 0.5) is 33.2 Å². The topological polar surface area (TPSA) is 110 Å². The number of benzene rings is 1. The summed E-state index contributed by atoms with van der Waals surface area (Å²) in [6.07, 6.45) is 9.18. The smallest absolute Gasteiger partial charge is 0.247 e. The Kier molecular flexibility index (Phi) is 6.27. The summed E-state index contributed by atoms with van der Waals surface area (Å²) in [7, 11) is 1.79. The zero-order valence-electron chi connectivity index (χ0n) is 17.4. The van der Waals surface area contributed by atoms with E-state index in [9.17, 15) is 9.18 Å². The number of nitrogens with one attached hydrogen (secondary N) is 3. The second-order valence-electron chi connectivity index (χ2n) is 6.89. The monoisotopic (exact) mass is 464 g/mol. The van der Waals surface area contributed by atoms with E-state index in [1.807, 2.05) is 0 Å². The number of anilines is 5. The molecule has 0 aliphatic rings. The normalized spacial score (nSPS) is 10.5. The van der Waals surface area contributed by atoms with Crippen LogP contribution in [0.25, 0.3) is 11.1 Å². The molecule has 4 aromatic rings. The highest BCUT2D eigenvalue weighted by Crippen LogP contribution is 2.32. The van der Waals surface area contributed by atoms with Crippen LogP contribution >= 0.6 is 11.6 Å². The van der Waals surface area contributed by atoms with Crippen LogP contribution in [0, 0.1) is 5.82 Å². The molecule has 3 heterocycles. The van der Waals surface area contributed by atoms with Crippen molar-refractivity contribution in [3.8, 4) is 11.1 Å². The quantitative estimate of drug-likeness (QED) is 0.341. The Labute approximate surface area is 193 Å². The Bertz CT molecular complexity index is 1340. The van der Waals surface area contributed by atoms with Gasteiger partial charge in [0.25, 0.3) is 0 Å². The third-order valence-corrected chi connectivity index (χ3v) is 4.64. The predicted molar refractivity (Wildman–Crippen MR) is 125 cm³/mol. The molecule has 0 radical (unpaired) electrons. The Balaban J connectivity index is 1.74. The van der Waals surface area contributed by atoms with Crippen molar-refractivity contribution >= 4 is 46.3 Å². The Morgan fingerprint density at radius 3 is 2.73 bits per heavy atom. The number of carbonyl (C=O) groups excluding carboxylic acids is 1. The Morgan fingerprint density at radius 2 is 2.00 bits per heavy atom. The Hall–Kier alpha value is -4.31. The minimum atomic E-state index is -0.540. The highest BCUT2D eigenvalue weighted by atomic mass is 35.5. The first kappa shape index (κ1) is 21.9. The fraction of sp³-hybridized carbons (Fsp3) is 0.0455. The summed E-state index contributed by atoms with van der Waals surface area (Å²) >= 11 is 6.10. The summed E-state index contributed by atoms with van der Waals surface area (Å²) in [5.74, 6) is -0.391. The lowest BCUT2D eigenvalue weighted by atomic mass is 10.1. The highest BCUT2D eigenvalue weighted by molar-refractivity contribution is 6.30. The van der Waals surface area contributed by atoms with E-state index < -0.39 is 11.7 Å². The average molecular weight is 465 g/mol. The van der Waals surface area contributed by atoms with E-state index in [1.54, 1.807) is 42.6 Å². The molecule has 1 aromatic carbocycles. The van der Waals surface area contributed by atoms with Crippen molar-refractivity contribution < 1.29 is 9.18 Å². The molecule has 33 heavy (non-hydrogen) atoms. The molecular weight excluding hydrogens is 447 g/mol. The molecule has 0 aliphatic heterocycles. The van der Waals surface area contributed by atoms with Crippen molar-refractivity contribution in [3.63, 3.8) is 0 Å². The highest BCUT2D eigenvalue weighted by Gasteiger charge is 2.14. The third kappa shape index (κ3) is 5.31. The zero-order valence-corrected chi connectivity index (χ0v) is 18.1. The SMILES string of the molecule is C=CC(=O)Nc1ccc(F)c(Nc2nc(Nc3cnn(C)c3)ncc2-c2cncc(Cl)c2)c1. The van der Waals surface area contributed by atoms with Crippen molar-refractivity contribution in [1.82, 2.24) is 24.7 Å². The molecule has 0 unspecified atom stereocenters. The van der Waals surface area contributed by atoms with Crippen LogP contribution in [0.5, 0.6) is 0 Å². The van der Waals surface area contributed by atoms with Gasteiger partial charge in [-0.15, -0.1) is 0 Å². The van der Waals surface area contributed by atoms with Crippen LogP contribution < -0.4 is 16.0 Å². The number of hydrogen-bond acceptors (Lipinski definition) is 7. The molecular formula is C22H18ClFN8O. The molecule has 166 valence electrons. The number of rotatable bonds is 7. The first-order valence-corrected chi connectivity index (χ1v) is 10.0. The van der Waals surface area contributed by atoms with E-state index in [0.717, 1.165) is 6.08 Å². The van der Waals surface area contributed by atoms with Gasteiger partial charge in [0.1, 0.15) is 11.6 Å². The van der Waals surface area contributed by atoms with Gasteiger partial charge < -0.3 is 16.0 Å². The fourth-order valence-electron chi connectivity index (χ4n) is 2.94. The average Bonchev–Trinajstić information content (AvgIpc) is 3.20. The number of halogens is 2. The maximum absolute atomic E-state index is 14.6. The molecule has 0 bridgehead atoms. The van der Waals surface area contributed by atoms with E-state index in [4.69, 9.17) is 11.6 Å². The summed E-state index contributed by atoms with van der Waals surface area (Å²) in [6, 6.07) is 5.83. The second kappa shape index (κ2) is 9.45. The minimum absolute atomic E-state index is 0.0964. The van der Waals surface area contributed by atoms with Crippen molar-refractivity contribution in [2.75, 3.05) is 16.0 Å². The number of pyridine rings is 1. The van der Waals surface area contributed by atoms with Gasteiger partial charge >= 0.3 is 0 Å². The van der Waals surface area contributed by atoms with E-state index in [0.29, 0.717) is 33.3 Å². The molecule has 3 aromatic heterocycles. The molecule has 0 aliphatic carbocycles. The zero-order chi connectivity index (χ0) is 23.4. The van der Waals surface area contributed by atoms with Gasteiger partial charge in [0.15, 0.2) is 0 Å². The summed E-state index contributed by atoms with van der Waals surface area (Å²) in [5, 5.41) is 13.2. The maximum atomic E-state index is 14.6. The van der Waals surface area contributed by atoms with Crippen LogP contribution in [0.2, 0.25) is 5.02 Å². The summed E-state index contributed by atoms with van der Waals surface area (Å²) in [5.41, 5.74) is 2.34. The Morgan fingerprint density at radius 1 is 1.15 bits per heavy atom. The summed E-state index contributed by atoms with van der Waals surface area (Å²) < 4.78 is 16.3. The van der Waals surface area contributed by atoms with E-state index in [1.165, 1.54) is 24.4 Å². The molecule has 3 N–H and O–H groups in total.